The minimum atomic E-state index is -0.343. The average molecular weight is 372 g/mol. The fraction of sp³-hybridized carbons (Fsp3) is 0.0625. The molecule has 1 amide bonds. The smallest absolute Gasteiger partial charge is 0.289 e. The van der Waals surface area contributed by atoms with Gasteiger partial charge >= 0.3 is 0 Å². The summed E-state index contributed by atoms with van der Waals surface area (Å²) in [7, 11) is 1.92. The summed E-state index contributed by atoms with van der Waals surface area (Å²) in [4.78, 5) is 12.1. The van der Waals surface area contributed by atoms with Gasteiger partial charge in [0.15, 0.2) is 0 Å². The van der Waals surface area contributed by atoms with Gasteiger partial charge in [-0.2, -0.15) is 10.2 Å². The van der Waals surface area contributed by atoms with Crippen molar-refractivity contribution in [3.63, 3.8) is 0 Å². The van der Waals surface area contributed by atoms with Gasteiger partial charge in [-0.15, -0.1) is 0 Å². The molecule has 1 aromatic carbocycles. The number of benzene rings is 1. The first-order valence-electron chi connectivity index (χ1n) is 6.89. The Labute approximate surface area is 141 Å². The summed E-state index contributed by atoms with van der Waals surface area (Å²) < 4.78 is 2.89. The molecular weight excluding hydrogens is 358 g/mol. The molecule has 2 heterocycles. The molecule has 0 atom stereocenters. The van der Waals surface area contributed by atoms with Crippen LogP contribution in [0.3, 0.4) is 0 Å². The maximum Gasteiger partial charge on any atom is 0.289 e. The molecule has 0 saturated heterocycles. The molecule has 0 radical (unpaired) electrons. The molecule has 0 bridgehead atoms. The number of hydrogen-bond acceptors (Lipinski definition) is 3. The van der Waals surface area contributed by atoms with Gasteiger partial charge in [0.25, 0.3) is 5.91 Å². The number of rotatable bonds is 4. The Morgan fingerprint density at radius 1 is 1.35 bits per heavy atom. The number of H-pyrrole nitrogens is 1. The number of carbonyl (C=O) groups is 1. The maximum atomic E-state index is 12.1. The minimum Gasteiger partial charge on any atom is -0.349 e. The summed E-state index contributed by atoms with van der Waals surface area (Å²) in [5.74, 6) is -0.343. The number of aromatic amines is 1. The molecule has 0 saturated carbocycles. The predicted molar refractivity (Wildman–Crippen MR) is 92.2 cm³/mol. The number of halogens is 1. The van der Waals surface area contributed by atoms with Gasteiger partial charge in [0.1, 0.15) is 11.4 Å². The molecule has 7 heteroatoms. The quantitative estimate of drug-likeness (QED) is 0.546. The van der Waals surface area contributed by atoms with E-state index in [1.54, 1.807) is 12.3 Å². The number of amides is 1. The van der Waals surface area contributed by atoms with Crippen molar-refractivity contribution in [2.45, 2.75) is 0 Å². The van der Waals surface area contributed by atoms with Crippen LogP contribution in [0.15, 0.2) is 58.2 Å². The van der Waals surface area contributed by atoms with E-state index in [-0.39, 0.29) is 5.91 Å². The summed E-state index contributed by atoms with van der Waals surface area (Å²) in [6.07, 6.45) is 3.50. The Kier molecular flexibility index (Phi) is 4.38. The third kappa shape index (κ3) is 3.57. The Bertz CT molecular complexity index is 865. The van der Waals surface area contributed by atoms with Crippen molar-refractivity contribution in [2.75, 3.05) is 0 Å². The molecule has 0 unspecified atom stereocenters. The lowest BCUT2D eigenvalue weighted by molar-refractivity contribution is 0.0950. The molecule has 0 spiro atoms. The van der Waals surface area contributed by atoms with Crippen molar-refractivity contribution in [1.29, 1.82) is 0 Å². The van der Waals surface area contributed by atoms with Gasteiger partial charge in [-0.3, -0.25) is 9.89 Å². The fourth-order valence-electron chi connectivity index (χ4n) is 2.11. The first-order chi connectivity index (χ1) is 11.1. The number of nitrogens with zero attached hydrogens (tertiary/aromatic N) is 3. The van der Waals surface area contributed by atoms with Crippen LogP contribution in [0.25, 0.3) is 11.4 Å². The first-order valence-corrected chi connectivity index (χ1v) is 7.69. The van der Waals surface area contributed by atoms with Crippen molar-refractivity contribution in [2.24, 2.45) is 12.1 Å². The zero-order valence-electron chi connectivity index (χ0n) is 12.3. The van der Waals surface area contributed by atoms with Gasteiger partial charge in [-0.25, -0.2) is 5.43 Å². The van der Waals surface area contributed by atoms with Crippen LogP contribution in [0.5, 0.6) is 0 Å². The molecule has 3 aromatic rings. The van der Waals surface area contributed by atoms with Gasteiger partial charge in [0.05, 0.1) is 11.9 Å². The number of nitrogens with one attached hydrogen (secondary N) is 2. The highest BCUT2D eigenvalue weighted by molar-refractivity contribution is 9.10. The maximum absolute atomic E-state index is 12.1. The molecule has 0 aliphatic heterocycles. The van der Waals surface area contributed by atoms with E-state index in [0.717, 1.165) is 15.7 Å². The second-order valence-corrected chi connectivity index (χ2v) is 5.84. The van der Waals surface area contributed by atoms with Crippen LogP contribution in [0.2, 0.25) is 0 Å². The lowest BCUT2D eigenvalue weighted by Crippen LogP contribution is -2.18. The minimum absolute atomic E-state index is 0.343. The monoisotopic (exact) mass is 371 g/mol. The number of carbonyl (C=O) groups excluding carboxylic acids is 1. The van der Waals surface area contributed by atoms with Crippen LogP contribution in [0.1, 0.15) is 16.1 Å². The fourth-order valence-corrected chi connectivity index (χ4v) is 2.53. The summed E-state index contributed by atoms with van der Waals surface area (Å²) in [5.41, 5.74) is 5.35. The molecule has 2 N–H and O–H groups in total. The van der Waals surface area contributed by atoms with Crippen molar-refractivity contribution >= 4 is 28.1 Å². The molecule has 0 aliphatic carbocycles. The predicted octanol–water partition coefficient (Wildman–Crippen LogP) is 2.94. The Balaban J connectivity index is 1.67. The zero-order valence-corrected chi connectivity index (χ0v) is 13.9. The lowest BCUT2D eigenvalue weighted by atomic mass is 10.2. The molecule has 0 fully saturated rings. The van der Waals surface area contributed by atoms with E-state index in [1.165, 1.54) is 0 Å². The van der Waals surface area contributed by atoms with Crippen LogP contribution < -0.4 is 5.43 Å². The standard InChI is InChI=1S/C16H14BrN5O/c1-22-7-3-6-15(22)13-9-14(20-19-13)16(23)21-18-10-11-4-2-5-12(17)8-11/h2-10H,1H3,(H,19,20)(H,21,23)/b18-10-. The SMILES string of the molecule is Cn1cccc1-c1cc(C(=O)N/N=C\c2cccc(Br)c2)[nH]n1. The Morgan fingerprint density at radius 3 is 2.96 bits per heavy atom. The van der Waals surface area contributed by atoms with E-state index >= 15 is 0 Å². The second kappa shape index (κ2) is 6.62. The molecule has 3 rings (SSSR count). The summed E-state index contributed by atoms with van der Waals surface area (Å²) in [6.45, 7) is 0. The van der Waals surface area contributed by atoms with Crippen LogP contribution in [0.4, 0.5) is 0 Å². The Hall–Kier alpha value is -2.67. The van der Waals surface area contributed by atoms with E-state index in [2.05, 4.69) is 36.7 Å². The van der Waals surface area contributed by atoms with Crippen molar-refractivity contribution in [3.8, 4) is 11.4 Å². The number of aromatic nitrogens is 3. The molecule has 23 heavy (non-hydrogen) atoms. The number of hydrazone groups is 1. The lowest BCUT2D eigenvalue weighted by Gasteiger charge is -1.97. The normalized spacial score (nSPS) is 11.0. The van der Waals surface area contributed by atoms with E-state index in [4.69, 9.17) is 0 Å². The second-order valence-electron chi connectivity index (χ2n) is 4.93. The molecular formula is C16H14BrN5O. The highest BCUT2D eigenvalue weighted by Gasteiger charge is 2.11. The molecule has 0 aliphatic rings. The van der Waals surface area contributed by atoms with E-state index < -0.39 is 0 Å². The van der Waals surface area contributed by atoms with E-state index in [1.807, 2.05) is 54.2 Å². The summed E-state index contributed by atoms with van der Waals surface area (Å²) >= 11 is 3.38. The third-order valence-electron chi connectivity index (χ3n) is 3.26. The van der Waals surface area contributed by atoms with E-state index in [9.17, 15) is 4.79 Å². The average Bonchev–Trinajstić information content (AvgIpc) is 3.15. The van der Waals surface area contributed by atoms with Crippen LogP contribution in [-0.2, 0) is 7.05 Å². The van der Waals surface area contributed by atoms with Crippen molar-refractivity contribution in [3.05, 3.63) is 64.4 Å². The van der Waals surface area contributed by atoms with Crippen molar-refractivity contribution in [1.82, 2.24) is 20.2 Å². The van der Waals surface area contributed by atoms with Crippen molar-refractivity contribution < 1.29 is 4.79 Å². The zero-order chi connectivity index (χ0) is 16.2. The van der Waals surface area contributed by atoms with Gasteiger partial charge < -0.3 is 4.57 Å². The van der Waals surface area contributed by atoms with Crippen LogP contribution in [0, 0.1) is 0 Å². The topological polar surface area (TPSA) is 75.1 Å². The number of hydrogen-bond donors (Lipinski definition) is 2. The third-order valence-corrected chi connectivity index (χ3v) is 3.75. The van der Waals surface area contributed by atoms with Gasteiger partial charge in [0.2, 0.25) is 0 Å². The van der Waals surface area contributed by atoms with E-state index in [0.29, 0.717) is 11.4 Å². The largest absolute Gasteiger partial charge is 0.349 e. The van der Waals surface area contributed by atoms with Crippen LogP contribution in [-0.4, -0.2) is 26.9 Å². The molecule has 2 aromatic heterocycles. The summed E-state index contributed by atoms with van der Waals surface area (Å²) in [6, 6.07) is 13.2. The highest BCUT2D eigenvalue weighted by atomic mass is 79.9. The van der Waals surface area contributed by atoms with Crippen LogP contribution >= 0.6 is 15.9 Å². The van der Waals surface area contributed by atoms with Gasteiger partial charge in [-0.1, -0.05) is 28.1 Å². The molecule has 116 valence electrons. The molecule has 6 nitrogen and oxygen atoms in total. The highest BCUT2D eigenvalue weighted by Crippen LogP contribution is 2.17. The summed E-state index contributed by atoms with van der Waals surface area (Å²) in [5, 5.41) is 10.8. The number of aryl methyl sites for hydroxylation is 1. The first kappa shape index (κ1) is 15.2. The van der Waals surface area contributed by atoms with Gasteiger partial charge in [-0.05, 0) is 35.9 Å². The Morgan fingerprint density at radius 2 is 2.22 bits per heavy atom. The van der Waals surface area contributed by atoms with Gasteiger partial charge in [0, 0.05) is 17.7 Å².